The van der Waals surface area contributed by atoms with Gasteiger partial charge in [0.2, 0.25) is 6.08 Å². The first-order chi connectivity index (χ1) is 9.04. The van der Waals surface area contributed by atoms with E-state index in [2.05, 4.69) is 4.99 Å². The van der Waals surface area contributed by atoms with E-state index in [4.69, 9.17) is 9.47 Å². The van der Waals surface area contributed by atoms with Gasteiger partial charge in [0, 0.05) is 0 Å². The Bertz CT molecular complexity index is 607. The number of isocyanates is 1. The molecule has 1 fully saturated rings. The van der Waals surface area contributed by atoms with E-state index in [0.717, 1.165) is 5.56 Å². The van der Waals surface area contributed by atoms with Crippen molar-refractivity contribution in [1.29, 1.82) is 0 Å². The van der Waals surface area contributed by atoms with Gasteiger partial charge in [-0.25, -0.2) is 18.2 Å². The number of methoxy groups -OCH3 is 1. The highest BCUT2D eigenvalue weighted by molar-refractivity contribution is 7.92. The molecule has 19 heavy (non-hydrogen) atoms. The van der Waals surface area contributed by atoms with Crippen LogP contribution in [0.5, 0.6) is 11.5 Å². The van der Waals surface area contributed by atoms with Crippen molar-refractivity contribution in [3.05, 3.63) is 23.8 Å². The van der Waals surface area contributed by atoms with E-state index in [-0.39, 0.29) is 24.2 Å². The fourth-order valence-corrected chi connectivity index (χ4v) is 2.97. The second-order valence-electron chi connectivity index (χ2n) is 4.21. The summed E-state index contributed by atoms with van der Waals surface area (Å²) < 4.78 is 32.8. The average molecular weight is 283 g/mol. The molecule has 0 atom stereocenters. The van der Waals surface area contributed by atoms with E-state index in [1.807, 2.05) is 0 Å². The molecule has 0 N–H and O–H groups in total. The number of sulfone groups is 1. The number of ether oxygens (including phenoxy) is 2. The van der Waals surface area contributed by atoms with E-state index in [9.17, 15) is 13.2 Å². The summed E-state index contributed by atoms with van der Waals surface area (Å²) in [6.07, 6.45) is 1.14. The third kappa shape index (κ3) is 3.33. The Balaban J connectivity index is 2.10. The van der Waals surface area contributed by atoms with Gasteiger partial charge in [-0.15, -0.1) is 0 Å². The number of aliphatic imine (C=N–C) groups is 1. The normalized spacial score (nSPS) is 17.1. The van der Waals surface area contributed by atoms with Crippen LogP contribution in [-0.2, 0) is 21.2 Å². The molecule has 0 saturated carbocycles. The average Bonchev–Trinajstić information content (AvgIpc) is 2.35. The van der Waals surface area contributed by atoms with Gasteiger partial charge in [-0.3, -0.25) is 0 Å². The van der Waals surface area contributed by atoms with Gasteiger partial charge in [0.1, 0.15) is 6.10 Å². The fourth-order valence-electron chi connectivity index (χ4n) is 1.80. The molecule has 2 rings (SSSR count). The maximum atomic E-state index is 11.1. The smallest absolute Gasteiger partial charge is 0.235 e. The van der Waals surface area contributed by atoms with E-state index < -0.39 is 9.84 Å². The van der Waals surface area contributed by atoms with E-state index in [1.54, 1.807) is 18.2 Å². The minimum absolute atomic E-state index is 0.0351. The Morgan fingerprint density at radius 2 is 2.11 bits per heavy atom. The molecule has 0 aromatic heterocycles. The van der Waals surface area contributed by atoms with E-state index in [1.165, 1.54) is 13.2 Å². The number of hydrogen-bond donors (Lipinski definition) is 0. The number of nitrogens with zero attached hydrogens (tertiary/aromatic N) is 1. The minimum atomic E-state index is -2.91. The van der Waals surface area contributed by atoms with Crippen molar-refractivity contribution < 1.29 is 22.7 Å². The van der Waals surface area contributed by atoms with Crippen LogP contribution in [-0.4, -0.2) is 39.2 Å². The molecule has 0 radical (unpaired) electrons. The van der Waals surface area contributed by atoms with Crippen LogP contribution in [0.3, 0.4) is 0 Å². The highest BCUT2D eigenvalue weighted by Gasteiger charge is 2.35. The summed E-state index contributed by atoms with van der Waals surface area (Å²) in [5.74, 6) is 1.05. The lowest BCUT2D eigenvalue weighted by Gasteiger charge is -2.27. The third-order valence-electron chi connectivity index (χ3n) is 2.73. The van der Waals surface area contributed by atoms with Gasteiger partial charge in [0.05, 0.1) is 25.2 Å². The van der Waals surface area contributed by atoms with Gasteiger partial charge in [-0.2, -0.15) is 0 Å². The molecular formula is C12H13NO5S. The summed E-state index contributed by atoms with van der Waals surface area (Å²) in [6, 6.07) is 5.12. The lowest BCUT2D eigenvalue weighted by atomic mass is 10.2. The monoisotopic (exact) mass is 283 g/mol. The van der Waals surface area contributed by atoms with Crippen LogP contribution < -0.4 is 9.47 Å². The molecule has 1 aromatic rings. The second-order valence-corrected chi connectivity index (χ2v) is 6.36. The van der Waals surface area contributed by atoms with E-state index in [0.29, 0.717) is 11.5 Å². The van der Waals surface area contributed by atoms with Crippen LogP contribution in [0.2, 0.25) is 0 Å². The molecule has 102 valence electrons. The highest BCUT2D eigenvalue weighted by Crippen LogP contribution is 2.31. The summed E-state index contributed by atoms with van der Waals surface area (Å²) in [7, 11) is -1.42. The third-order valence-corrected chi connectivity index (χ3v) is 4.49. The van der Waals surface area contributed by atoms with Crippen molar-refractivity contribution in [2.45, 2.75) is 12.6 Å². The molecule has 1 aliphatic heterocycles. The van der Waals surface area contributed by atoms with Crippen LogP contribution >= 0.6 is 0 Å². The van der Waals surface area contributed by atoms with Gasteiger partial charge in [0.25, 0.3) is 0 Å². The molecule has 0 aliphatic carbocycles. The lowest BCUT2D eigenvalue weighted by Crippen LogP contribution is -2.45. The maximum Gasteiger partial charge on any atom is 0.235 e. The largest absolute Gasteiger partial charge is 0.493 e. The first-order valence-corrected chi connectivity index (χ1v) is 7.44. The topological polar surface area (TPSA) is 82.0 Å². The first-order valence-electron chi connectivity index (χ1n) is 5.61. The molecular weight excluding hydrogens is 270 g/mol. The first kappa shape index (κ1) is 13.6. The molecule has 1 heterocycles. The van der Waals surface area contributed by atoms with Crippen LogP contribution in [0.1, 0.15) is 5.56 Å². The number of rotatable bonds is 5. The van der Waals surface area contributed by atoms with Gasteiger partial charge in [0.15, 0.2) is 21.3 Å². The number of benzene rings is 1. The van der Waals surface area contributed by atoms with Crippen molar-refractivity contribution >= 4 is 15.9 Å². The summed E-state index contributed by atoms with van der Waals surface area (Å²) in [5.41, 5.74) is 0.786. The maximum absolute atomic E-state index is 11.1. The minimum Gasteiger partial charge on any atom is -0.493 e. The summed E-state index contributed by atoms with van der Waals surface area (Å²) >= 11 is 0. The Morgan fingerprint density at radius 3 is 2.68 bits per heavy atom. The van der Waals surface area contributed by atoms with Gasteiger partial charge in [-0.05, 0) is 17.7 Å². The predicted octanol–water partition coefficient (Wildman–Crippen LogP) is 0.707. The summed E-state index contributed by atoms with van der Waals surface area (Å²) in [5, 5.41) is 0. The summed E-state index contributed by atoms with van der Waals surface area (Å²) in [4.78, 5) is 13.5. The van der Waals surface area contributed by atoms with Crippen molar-refractivity contribution in [3.63, 3.8) is 0 Å². The highest BCUT2D eigenvalue weighted by atomic mass is 32.2. The quantitative estimate of drug-likeness (QED) is 0.587. The molecule has 0 unspecified atom stereocenters. The molecule has 1 aliphatic rings. The van der Waals surface area contributed by atoms with Crippen LogP contribution in [0, 0.1) is 0 Å². The standard InChI is InChI=1S/C12H13NO5S/c1-17-12-4-9(5-13-8-14)2-3-11(12)18-10-6-19(15,16)7-10/h2-4,10H,5-7H2,1H3. The van der Waals surface area contributed by atoms with Crippen LogP contribution in [0.15, 0.2) is 23.2 Å². The SMILES string of the molecule is COc1cc(CN=C=O)ccc1OC1CS(=O)(=O)C1. The zero-order chi connectivity index (χ0) is 13.9. The number of hydrogen-bond acceptors (Lipinski definition) is 6. The van der Waals surface area contributed by atoms with Crippen molar-refractivity contribution in [3.8, 4) is 11.5 Å². The Labute approximate surface area is 111 Å². The molecule has 0 bridgehead atoms. The molecule has 0 spiro atoms. The predicted molar refractivity (Wildman–Crippen MR) is 67.9 cm³/mol. The van der Waals surface area contributed by atoms with Crippen molar-refractivity contribution in [2.75, 3.05) is 18.6 Å². The lowest BCUT2D eigenvalue weighted by molar-refractivity contribution is 0.219. The van der Waals surface area contributed by atoms with Gasteiger partial charge in [-0.1, -0.05) is 6.07 Å². The molecule has 1 aromatic carbocycles. The Hall–Kier alpha value is -1.85. The number of carbonyl (C=O) groups excluding carboxylic acids is 1. The zero-order valence-corrected chi connectivity index (χ0v) is 11.1. The van der Waals surface area contributed by atoms with Crippen LogP contribution in [0.25, 0.3) is 0 Å². The zero-order valence-electron chi connectivity index (χ0n) is 10.3. The molecule has 1 saturated heterocycles. The Morgan fingerprint density at radius 1 is 1.37 bits per heavy atom. The van der Waals surface area contributed by atoms with Gasteiger partial charge < -0.3 is 9.47 Å². The van der Waals surface area contributed by atoms with Crippen molar-refractivity contribution in [2.24, 2.45) is 4.99 Å². The Kier molecular flexibility index (Phi) is 3.87. The molecule has 6 nitrogen and oxygen atoms in total. The summed E-state index contributed by atoms with van der Waals surface area (Å²) in [6.45, 7) is 0.220. The van der Waals surface area contributed by atoms with Crippen LogP contribution in [0.4, 0.5) is 0 Å². The van der Waals surface area contributed by atoms with Crippen molar-refractivity contribution in [1.82, 2.24) is 0 Å². The fraction of sp³-hybridized carbons (Fsp3) is 0.417. The molecule has 7 heteroatoms. The van der Waals surface area contributed by atoms with Gasteiger partial charge >= 0.3 is 0 Å². The second kappa shape index (κ2) is 5.42. The molecule has 0 amide bonds. The van der Waals surface area contributed by atoms with E-state index >= 15 is 0 Å².